The Morgan fingerprint density at radius 2 is 2.08 bits per heavy atom. The highest BCUT2D eigenvalue weighted by Crippen LogP contribution is 2.27. The molecule has 0 amide bonds. The number of ether oxygens (including phenoxy) is 2. The van der Waals surface area contributed by atoms with Crippen LogP contribution in [-0.4, -0.2) is 24.4 Å². The van der Waals surface area contributed by atoms with Gasteiger partial charge in [-0.05, 0) is 20.3 Å². The van der Waals surface area contributed by atoms with Crippen LogP contribution in [0.15, 0.2) is 12.2 Å². The maximum absolute atomic E-state index is 6.05. The van der Waals surface area contributed by atoms with Crippen LogP contribution in [0.3, 0.4) is 0 Å². The van der Waals surface area contributed by atoms with Crippen molar-refractivity contribution in [1.29, 1.82) is 0 Å². The third-order valence-electron chi connectivity index (χ3n) is 2.28. The van der Waals surface area contributed by atoms with E-state index in [1.54, 1.807) is 0 Å². The Hall–Kier alpha value is -0.0500. The summed E-state index contributed by atoms with van der Waals surface area (Å²) in [7, 11) is 0. The molecule has 1 aliphatic rings. The van der Waals surface area contributed by atoms with Gasteiger partial charge in [-0.2, -0.15) is 0 Å². The van der Waals surface area contributed by atoms with E-state index in [0.29, 0.717) is 13.2 Å². The Kier molecular flexibility index (Phi) is 3.77. The van der Waals surface area contributed by atoms with Crippen LogP contribution in [-0.2, 0) is 9.47 Å². The minimum Gasteiger partial charge on any atom is -0.348 e. The van der Waals surface area contributed by atoms with Crippen molar-refractivity contribution >= 4 is 11.6 Å². The Labute approximate surface area is 84.9 Å². The lowest BCUT2D eigenvalue weighted by Crippen LogP contribution is -2.26. The molecule has 0 aliphatic carbocycles. The largest absolute Gasteiger partial charge is 0.348 e. The molecule has 1 fully saturated rings. The van der Waals surface area contributed by atoms with Crippen molar-refractivity contribution in [3.63, 3.8) is 0 Å². The molecule has 13 heavy (non-hydrogen) atoms. The fourth-order valence-electron chi connectivity index (χ4n) is 1.34. The van der Waals surface area contributed by atoms with Gasteiger partial charge in [0.1, 0.15) is 0 Å². The van der Waals surface area contributed by atoms with Gasteiger partial charge in [-0.15, -0.1) is 11.6 Å². The summed E-state index contributed by atoms with van der Waals surface area (Å²) in [5.41, 5.74) is 1.00. The van der Waals surface area contributed by atoms with Gasteiger partial charge in [-0.1, -0.05) is 12.2 Å². The van der Waals surface area contributed by atoms with Crippen LogP contribution < -0.4 is 0 Å². The van der Waals surface area contributed by atoms with Gasteiger partial charge in [0.05, 0.1) is 18.6 Å². The lowest BCUT2D eigenvalue weighted by molar-refractivity contribution is -0.147. The Morgan fingerprint density at radius 1 is 1.54 bits per heavy atom. The van der Waals surface area contributed by atoms with Crippen LogP contribution in [0, 0.1) is 0 Å². The van der Waals surface area contributed by atoms with Gasteiger partial charge in [-0.3, -0.25) is 0 Å². The molecule has 0 spiro atoms. The topological polar surface area (TPSA) is 18.5 Å². The summed E-state index contributed by atoms with van der Waals surface area (Å²) in [5, 5.41) is 0.0321. The normalized spacial score (nSPS) is 23.0. The molecule has 1 aliphatic heterocycles. The first-order valence-corrected chi connectivity index (χ1v) is 5.04. The fourth-order valence-corrected chi connectivity index (χ4v) is 1.45. The molecule has 1 heterocycles. The SMILES string of the molecule is C=C(C)C(Cl)CCC1(C)OCCO1. The van der Waals surface area contributed by atoms with Gasteiger partial charge in [0.25, 0.3) is 0 Å². The summed E-state index contributed by atoms with van der Waals surface area (Å²) in [4.78, 5) is 0. The molecular weight excluding hydrogens is 188 g/mol. The van der Waals surface area contributed by atoms with E-state index in [9.17, 15) is 0 Å². The van der Waals surface area contributed by atoms with E-state index in [1.807, 2.05) is 13.8 Å². The minimum absolute atomic E-state index is 0.0321. The molecule has 1 unspecified atom stereocenters. The molecule has 2 nitrogen and oxygen atoms in total. The molecule has 0 saturated carbocycles. The van der Waals surface area contributed by atoms with E-state index in [1.165, 1.54) is 0 Å². The molecule has 76 valence electrons. The molecule has 1 rings (SSSR count). The predicted molar refractivity (Wildman–Crippen MR) is 54.0 cm³/mol. The van der Waals surface area contributed by atoms with Gasteiger partial charge in [0.2, 0.25) is 0 Å². The first-order chi connectivity index (χ1) is 6.03. The van der Waals surface area contributed by atoms with Crippen LogP contribution in [0.5, 0.6) is 0 Å². The molecular formula is C10H17ClO2. The van der Waals surface area contributed by atoms with Crippen LogP contribution in [0.25, 0.3) is 0 Å². The van der Waals surface area contributed by atoms with Crippen molar-refractivity contribution in [2.75, 3.05) is 13.2 Å². The lowest BCUT2D eigenvalue weighted by atomic mass is 10.1. The highest BCUT2D eigenvalue weighted by atomic mass is 35.5. The quantitative estimate of drug-likeness (QED) is 0.518. The van der Waals surface area contributed by atoms with E-state index >= 15 is 0 Å². The van der Waals surface area contributed by atoms with Crippen LogP contribution in [0.1, 0.15) is 26.7 Å². The summed E-state index contributed by atoms with van der Waals surface area (Å²) in [6.07, 6.45) is 1.68. The van der Waals surface area contributed by atoms with Crippen LogP contribution in [0.2, 0.25) is 0 Å². The average Bonchev–Trinajstić information content (AvgIpc) is 2.48. The number of halogens is 1. The first kappa shape index (κ1) is 11.0. The maximum atomic E-state index is 6.05. The van der Waals surface area contributed by atoms with Crippen molar-refractivity contribution in [3.8, 4) is 0 Å². The Balaban J connectivity index is 2.28. The third kappa shape index (κ3) is 3.29. The van der Waals surface area contributed by atoms with Crippen molar-refractivity contribution in [2.45, 2.75) is 37.9 Å². The summed E-state index contributed by atoms with van der Waals surface area (Å²) in [6, 6.07) is 0. The second-order valence-electron chi connectivity index (χ2n) is 3.68. The van der Waals surface area contributed by atoms with Crippen molar-refractivity contribution in [2.24, 2.45) is 0 Å². The molecule has 1 atom stereocenters. The molecule has 0 aromatic carbocycles. The zero-order valence-electron chi connectivity index (χ0n) is 8.31. The van der Waals surface area contributed by atoms with Gasteiger partial charge in [0.15, 0.2) is 5.79 Å². The van der Waals surface area contributed by atoms with E-state index in [-0.39, 0.29) is 5.38 Å². The van der Waals surface area contributed by atoms with Gasteiger partial charge >= 0.3 is 0 Å². The number of rotatable bonds is 4. The highest BCUT2D eigenvalue weighted by molar-refractivity contribution is 6.22. The molecule has 0 N–H and O–H groups in total. The van der Waals surface area contributed by atoms with Gasteiger partial charge < -0.3 is 9.47 Å². The van der Waals surface area contributed by atoms with Gasteiger partial charge in [-0.25, -0.2) is 0 Å². The molecule has 0 aromatic rings. The lowest BCUT2D eigenvalue weighted by Gasteiger charge is -2.23. The fraction of sp³-hybridized carbons (Fsp3) is 0.800. The number of hydrogen-bond acceptors (Lipinski definition) is 2. The van der Waals surface area contributed by atoms with Crippen molar-refractivity contribution < 1.29 is 9.47 Å². The molecule has 0 bridgehead atoms. The van der Waals surface area contributed by atoms with Gasteiger partial charge in [0, 0.05) is 6.42 Å². The maximum Gasteiger partial charge on any atom is 0.165 e. The van der Waals surface area contributed by atoms with Crippen molar-refractivity contribution in [3.05, 3.63) is 12.2 Å². The zero-order valence-corrected chi connectivity index (χ0v) is 9.06. The molecule has 3 heteroatoms. The van der Waals surface area contributed by atoms with E-state index < -0.39 is 5.79 Å². The molecule has 1 saturated heterocycles. The van der Waals surface area contributed by atoms with Crippen LogP contribution in [0.4, 0.5) is 0 Å². The minimum atomic E-state index is -0.414. The second-order valence-corrected chi connectivity index (χ2v) is 4.21. The monoisotopic (exact) mass is 204 g/mol. The van der Waals surface area contributed by atoms with E-state index in [4.69, 9.17) is 21.1 Å². The summed E-state index contributed by atoms with van der Waals surface area (Å²) >= 11 is 6.05. The Morgan fingerprint density at radius 3 is 2.54 bits per heavy atom. The first-order valence-electron chi connectivity index (χ1n) is 4.61. The number of allylic oxidation sites excluding steroid dienone is 1. The second kappa shape index (κ2) is 4.45. The predicted octanol–water partition coefficient (Wildman–Crippen LogP) is 2.71. The van der Waals surface area contributed by atoms with Crippen molar-refractivity contribution in [1.82, 2.24) is 0 Å². The Bertz CT molecular complexity index is 185. The summed E-state index contributed by atoms with van der Waals surface area (Å²) in [6.45, 7) is 9.09. The average molecular weight is 205 g/mol. The summed E-state index contributed by atoms with van der Waals surface area (Å²) < 4.78 is 10.9. The number of hydrogen-bond donors (Lipinski definition) is 0. The summed E-state index contributed by atoms with van der Waals surface area (Å²) in [5.74, 6) is -0.414. The van der Waals surface area contributed by atoms with Crippen LogP contribution >= 0.6 is 11.6 Å². The number of alkyl halides is 1. The van der Waals surface area contributed by atoms with E-state index in [2.05, 4.69) is 6.58 Å². The highest BCUT2D eigenvalue weighted by Gasteiger charge is 2.31. The third-order valence-corrected chi connectivity index (χ3v) is 2.88. The molecule has 0 radical (unpaired) electrons. The zero-order chi connectivity index (χ0) is 9.90. The van der Waals surface area contributed by atoms with E-state index in [0.717, 1.165) is 18.4 Å². The standard InChI is InChI=1S/C10H17ClO2/c1-8(2)9(11)4-5-10(3)12-6-7-13-10/h9H,1,4-7H2,2-3H3. The smallest absolute Gasteiger partial charge is 0.165 e. The molecule has 0 aromatic heterocycles.